The first kappa shape index (κ1) is 13.2. The highest BCUT2D eigenvalue weighted by molar-refractivity contribution is 9.10. The van der Waals surface area contributed by atoms with Crippen molar-refractivity contribution in [3.63, 3.8) is 0 Å². The quantitative estimate of drug-likeness (QED) is 0.805. The lowest BCUT2D eigenvalue weighted by atomic mass is 10.2. The summed E-state index contributed by atoms with van der Waals surface area (Å²) in [6.07, 6.45) is 2.48. The van der Waals surface area contributed by atoms with Crippen molar-refractivity contribution in [3.8, 4) is 5.75 Å². The van der Waals surface area contributed by atoms with Gasteiger partial charge in [-0.05, 0) is 39.7 Å². The fraction of sp³-hybridized carbons (Fsp3) is 0.0909. The van der Waals surface area contributed by atoms with E-state index < -0.39 is 11.9 Å². The molecule has 1 aromatic rings. The number of carbonyl (C=O) groups excluding carboxylic acids is 1. The van der Waals surface area contributed by atoms with Crippen molar-refractivity contribution in [2.24, 2.45) is 5.73 Å². The van der Waals surface area contributed by atoms with Gasteiger partial charge in [0.15, 0.2) is 6.61 Å². The molecule has 0 aliphatic carbocycles. The van der Waals surface area contributed by atoms with Crippen molar-refractivity contribution in [1.82, 2.24) is 0 Å². The Morgan fingerprint density at radius 2 is 2.18 bits per heavy atom. The van der Waals surface area contributed by atoms with Gasteiger partial charge in [-0.15, -0.1) is 0 Å². The van der Waals surface area contributed by atoms with Crippen LogP contribution in [0, 0.1) is 0 Å². The van der Waals surface area contributed by atoms with E-state index in [0.29, 0.717) is 15.8 Å². The van der Waals surface area contributed by atoms with Crippen LogP contribution in [-0.2, 0) is 9.59 Å². The zero-order valence-corrected chi connectivity index (χ0v) is 10.3. The van der Waals surface area contributed by atoms with Gasteiger partial charge in [-0.25, -0.2) is 4.79 Å². The minimum absolute atomic E-state index is 0.205. The van der Waals surface area contributed by atoms with Gasteiger partial charge in [0.1, 0.15) is 5.75 Å². The maximum Gasteiger partial charge on any atom is 0.328 e. The zero-order chi connectivity index (χ0) is 12.8. The Labute approximate surface area is 106 Å². The van der Waals surface area contributed by atoms with Gasteiger partial charge in [0.25, 0.3) is 5.91 Å². The van der Waals surface area contributed by atoms with E-state index in [0.717, 1.165) is 6.08 Å². The van der Waals surface area contributed by atoms with E-state index in [4.69, 9.17) is 15.6 Å². The van der Waals surface area contributed by atoms with Crippen molar-refractivity contribution >= 4 is 33.9 Å². The normalized spacial score (nSPS) is 10.4. The van der Waals surface area contributed by atoms with Gasteiger partial charge in [-0.2, -0.15) is 0 Å². The summed E-state index contributed by atoms with van der Waals surface area (Å²) in [6, 6.07) is 4.96. The highest BCUT2D eigenvalue weighted by Gasteiger charge is 2.03. The number of carbonyl (C=O) groups is 2. The van der Waals surface area contributed by atoms with Crippen molar-refractivity contribution in [2.75, 3.05) is 6.61 Å². The van der Waals surface area contributed by atoms with Crippen molar-refractivity contribution in [3.05, 3.63) is 34.3 Å². The van der Waals surface area contributed by atoms with Crippen molar-refractivity contribution in [1.29, 1.82) is 0 Å². The molecule has 0 aliphatic heterocycles. The number of hydrogen-bond donors (Lipinski definition) is 2. The maximum absolute atomic E-state index is 10.5. The molecule has 0 bridgehead atoms. The molecular weight excluding hydrogens is 290 g/mol. The minimum Gasteiger partial charge on any atom is -0.483 e. The molecule has 0 unspecified atom stereocenters. The van der Waals surface area contributed by atoms with Gasteiger partial charge < -0.3 is 15.6 Å². The van der Waals surface area contributed by atoms with Crippen LogP contribution in [0.25, 0.3) is 6.08 Å². The summed E-state index contributed by atoms with van der Waals surface area (Å²) in [7, 11) is 0. The summed E-state index contributed by atoms with van der Waals surface area (Å²) in [4.78, 5) is 20.9. The molecule has 1 amide bonds. The molecule has 1 rings (SSSR count). The molecule has 17 heavy (non-hydrogen) atoms. The van der Waals surface area contributed by atoms with E-state index in [9.17, 15) is 9.59 Å². The lowest BCUT2D eigenvalue weighted by Crippen LogP contribution is -2.20. The Morgan fingerprint density at radius 3 is 2.71 bits per heavy atom. The van der Waals surface area contributed by atoms with E-state index in [1.165, 1.54) is 6.08 Å². The first-order valence-corrected chi connectivity index (χ1v) is 5.40. The van der Waals surface area contributed by atoms with E-state index in [1.807, 2.05) is 0 Å². The molecule has 0 spiro atoms. The predicted octanol–water partition coefficient (Wildman–Crippen LogP) is 1.41. The van der Waals surface area contributed by atoms with Gasteiger partial charge in [0.2, 0.25) is 0 Å². The molecule has 3 N–H and O–H groups in total. The molecule has 90 valence electrons. The number of nitrogens with two attached hydrogens (primary N) is 1. The van der Waals surface area contributed by atoms with E-state index in [-0.39, 0.29) is 6.61 Å². The number of rotatable bonds is 5. The second kappa shape index (κ2) is 6.05. The predicted molar refractivity (Wildman–Crippen MR) is 65.5 cm³/mol. The third-order valence-corrected chi connectivity index (χ3v) is 2.36. The molecule has 0 saturated heterocycles. The van der Waals surface area contributed by atoms with Gasteiger partial charge in [0, 0.05) is 6.08 Å². The first-order valence-electron chi connectivity index (χ1n) is 4.60. The summed E-state index contributed by atoms with van der Waals surface area (Å²) in [5.41, 5.74) is 5.65. The number of halogens is 1. The van der Waals surface area contributed by atoms with Crippen LogP contribution in [0.1, 0.15) is 5.56 Å². The van der Waals surface area contributed by atoms with Crippen LogP contribution in [0.3, 0.4) is 0 Å². The molecule has 0 heterocycles. The highest BCUT2D eigenvalue weighted by Crippen LogP contribution is 2.26. The molecule has 6 heteroatoms. The number of ether oxygens (including phenoxy) is 1. The van der Waals surface area contributed by atoms with Crippen molar-refractivity contribution < 1.29 is 19.4 Å². The number of amides is 1. The molecule has 0 fully saturated rings. The Morgan fingerprint density at radius 1 is 1.47 bits per heavy atom. The Hall–Kier alpha value is -1.82. The standard InChI is InChI=1S/C11H10BrNO4/c12-8-5-7(2-4-11(15)16)1-3-9(8)17-6-10(13)14/h1-5H,6H2,(H2,13,14)(H,15,16). The molecule has 0 radical (unpaired) electrons. The Kier molecular flexibility index (Phi) is 4.71. The molecule has 1 aromatic carbocycles. The van der Waals surface area contributed by atoms with Crippen LogP contribution < -0.4 is 10.5 Å². The van der Waals surface area contributed by atoms with E-state index in [2.05, 4.69) is 15.9 Å². The lowest BCUT2D eigenvalue weighted by molar-refractivity contribution is -0.131. The topological polar surface area (TPSA) is 89.6 Å². The number of benzene rings is 1. The highest BCUT2D eigenvalue weighted by atomic mass is 79.9. The van der Waals surface area contributed by atoms with Crippen LogP contribution in [0.4, 0.5) is 0 Å². The van der Waals surface area contributed by atoms with Crippen molar-refractivity contribution in [2.45, 2.75) is 0 Å². The minimum atomic E-state index is -1.02. The fourth-order valence-corrected chi connectivity index (χ4v) is 1.57. The molecule has 0 aromatic heterocycles. The van der Waals surface area contributed by atoms with E-state index >= 15 is 0 Å². The number of carboxylic acids is 1. The third kappa shape index (κ3) is 4.69. The largest absolute Gasteiger partial charge is 0.483 e. The Balaban J connectivity index is 2.79. The van der Waals surface area contributed by atoms with Gasteiger partial charge in [0.05, 0.1) is 4.47 Å². The average Bonchev–Trinajstić information content (AvgIpc) is 2.24. The summed E-state index contributed by atoms with van der Waals surface area (Å²) >= 11 is 3.25. The molecule has 0 aliphatic rings. The second-order valence-electron chi connectivity index (χ2n) is 3.12. The molecule has 0 atom stereocenters. The third-order valence-electron chi connectivity index (χ3n) is 1.74. The number of carboxylic acid groups (broad SMARTS) is 1. The van der Waals surface area contributed by atoms with Crippen LogP contribution in [-0.4, -0.2) is 23.6 Å². The van der Waals surface area contributed by atoms with Crippen LogP contribution in [0.5, 0.6) is 5.75 Å². The molecule has 0 saturated carbocycles. The summed E-state index contributed by atoms with van der Waals surface area (Å²) in [6.45, 7) is -0.205. The van der Waals surface area contributed by atoms with Gasteiger partial charge in [-0.3, -0.25) is 4.79 Å². The molecular formula is C11H10BrNO4. The Bertz CT molecular complexity index is 471. The summed E-state index contributed by atoms with van der Waals surface area (Å²) < 4.78 is 5.73. The first-order chi connectivity index (χ1) is 7.99. The monoisotopic (exact) mass is 299 g/mol. The summed E-state index contributed by atoms with van der Waals surface area (Å²) in [5.74, 6) is -1.11. The maximum atomic E-state index is 10.5. The van der Waals surface area contributed by atoms with E-state index in [1.54, 1.807) is 18.2 Å². The van der Waals surface area contributed by atoms with Crippen LogP contribution in [0.2, 0.25) is 0 Å². The number of aliphatic carboxylic acids is 1. The zero-order valence-electron chi connectivity index (χ0n) is 8.72. The number of hydrogen-bond acceptors (Lipinski definition) is 3. The summed E-state index contributed by atoms with van der Waals surface area (Å²) in [5, 5.41) is 8.47. The van der Waals surface area contributed by atoms with Crippen LogP contribution in [0.15, 0.2) is 28.7 Å². The van der Waals surface area contributed by atoms with Gasteiger partial charge in [-0.1, -0.05) is 6.07 Å². The van der Waals surface area contributed by atoms with Crippen LogP contribution >= 0.6 is 15.9 Å². The SMILES string of the molecule is NC(=O)COc1ccc(C=CC(=O)O)cc1Br. The second-order valence-corrected chi connectivity index (χ2v) is 3.97. The average molecular weight is 300 g/mol. The smallest absolute Gasteiger partial charge is 0.328 e. The van der Waals surface area contributed by atoms with Gasteiger partial charge >= 0.3 is 5.97 Å². The lowest BCUT2D eigenvalue weighted by Gasteiger charge is -2.06. The fourth-order valence-electron chi connectivity index (χ4n) is 1.05. The number of primary amides is 1. The molecule has 5 nitrogen and oxygen atoms in total.